The second kappa shape index (κ2) is 8.61. The summed E-state index contributed by atoms with van der Waals surface area (Å²) in [4.78, 5) is 4.51. The standard InChI is InChI=1S/C24H22N2O3/c1-3-16-28-22-14-8-18(9-15-22)17-4-6-19(7-5-17)23-25-24(29-26-23)20-10-12-21(27-2)13-11-20/h4-15H,3,16H2,1-2H3. The number of hydrogen-bond acceptors (Lipinski definition) is 5. The molecule has 0 aliphatic carbocycles. The molecule has 0 saturated heterocycles. The van der Waals surface area contributed by atoms with Gasteiger partial charge in [0, 0.05) is 11.1 Å². The Morgan fingerprint density at radius 2 is 1.28 bits per heavy atom. The van der Waals surface area contributed by atoms with Crippen LogP contribution in [0, 0.1) is 0 Å². The molecule has 4 rings (SSSR count). The molecule has 1 heterocycles. The van der Waals surface area contributed by atoms with Crippen molar-refractivity contribution in [3.8, 4) is 45.5 Å². The molecule has 0 unspecified atom stereocenters. The zero-order valence-corrected chi connectivity index (χ0v) is 16.5. The Kier molecular flexibility index (Phi) is 5.56. The molecule has 0 spiro atoms. The number of methoxy groups -OCH3 is 1. The van der Waals surface area contributed by atoms with Gasteiger partial charge >= 0.3 is 0 Å². The van der Waals surface area contributed by atoms with Gasteiger partial charge < -0.3 is 14.0 Å². The van der Waals surface area contributed by atoms with Crippen molar-refractivity contribution in [3.05, 3.63) is 72.8 Å². The number of aromatic nitrogens is 2. The maximum Gasteiger partial charge on any atom is 0.258 e. The zero-order chi connectivity index (χ0) is 20.1. The number of ether oxygens (including phenoxy) is 2. The Bertz CT molecular complexity index is 1050. The SMILES string of the molecule is CCCOc1ccc(-c2ccc(-c3noc(-c4ccc(OC)cc4)n3)cc2)cc1. The summed E-state index contributed by atoms with van der Waals surface area (Å²) in [6.45, 7) is 2.83. The molecule has 0 saturated carbocycles. The van der Waals surface area contributed by atoms with E-state index < -0.39 is 0 Å². The van der Waals surface area contributed by atoms with Gasteiger partial charge in [-0.25, -0.2) is 0 Å². The summed E-state index contributed by atoms with van der Waals surface area (Å²) in [7, 11) is 1.64. The fraction of sp³-hybridized carbons (Fsp3) is 0.167. The molecule has 3 aromatic carbocycles. The molecule has 0 N–H and O–H groups in total. The van der Waals surface area contributed by atoms with Crippen molar-refractivity contribution < 1.29 is 14.0 Å². The first-order chi connectivity index (χ1) is 14.3. The van der Waals surface area contributed by atoms with E-state index in [4.69, 9.17) is 14.0 Å². The summed E-state index contributed by atoms with van der Waals surface area (Å²) in [5, 5.41) is 4.11. The van der Waals surface area contributed by atoms with Gasteiger partial charge in [0.1, 0.15) is 11.5 Å². The number of rotatable bonds is 7. The van der Waals surface area contributed by atoms with E-state index in [1.807, 2.05) is 48.5 Å². The lowest BCUT2D eigenvalue weighted by atomic mass is 10.0. The van der Waals surface area contributed by atoms with Gasteiger partial charge in [0.2, 0.25) is 5.82 Å². The van der Waals surface area contributed by atoms with Crippen LogP contribution >= 0.6 is 0 Å². The second-order valence-electron chi connectivity index (χ2n) is 6.60. The largest absolute Gasteiger partial charge is 0.497 e. The van der Waals surface area contributed by atoms with Crippen molar-refractivity contribution in [2.24, 2.45) is 0 Å². The van der Waals surface area contributed by atoms with Crippen molar-refractivity contribution in [2.75, 3.05) is 13.7 Å². The van der Waals surface area contributed by atoms with Gasteiger partial charge in [0.05, 0.1) is 13.7 Å². The number of benzene rings is 3. The molecule has 4 aromatic rings. The fourth-order valence-corrected chi connectivity index (χ4v) is 2.97. The monoisotopic (exact) mass is 386 g/mol. The van der Waals surface area contributed by atoms with Crippen LogP contribution in [0.3, 0.4) is 0 Å². The molecule has 5 heteroatoms. The lowest BCUT2D eigenvalue weighted by Gasteiger charge is -2.06. The van der Waals surface area contributed by atoms with Crippen LogP contribution in [0.5, 0.6) is 11.5 Å². The average Bonchev–Trinajstić information content (AvgIpc) is 3.28. The molecule has 0 aliphatic rings. The van der Waals surface area contributed by atoms with Gasteiger partial charge in [0.25, 0.3) is 5.89 Å². The highest BCUT2D eigenvalue weighted by Gasteiger charge is 2.11. The summed E-state index contributed by atoms with van der Waals surface area (Å²) < 4.78 is 16.2. The molecule has 0 atom stereocenters. The Morgan fingerprint density at radius 1 is 0.724 bits per heavy atom. The van der Waals surface area contributed by atoms with Gasteiger partial charge in [0.15, 0.2) is 0 Å². The number of nitrogens with zero attached hydrogens (tertiary/aromatic N) is 2. The van der Waals surface area contributed by atoms with Crippen molar-refractivity contribution in [2.45, 2.75) is 13.3 Å². The first-order valence-electron chi connectivity index (χ1n) is 9.58. The highest BCUT2D eigenvalue weighted by atomic mass is 16.5. The topological polar surface area (TPSA) is 57.4 Å². The predicted octanol–water partition coefficient (Wildman–Crippen LogP) is 5.87. The summed E-state index contributed by atoms with van der Waals surface area (Å²) in [6.07, 6.45) is 0.999. The first-order valence-corrected chi connectivity index (χ1v) is 9.58. The van der Waals surface area contributed by atoms with E-state index in [1.54, 1.807) is 7.11 Å². The van der Waals surface area contributed by atoms with E-state index in [0.29, 0.717) is 11.7 Å². The van der Waals surface area contributed by atoms with E-state index in [2.05, 4.69) is 41.3 Å². The molecule has 0 radical (unpaired) electrons. The van der Waals surface area contributed by atoms with Gasteiger partial charge in [-0.2, -0.15) is 4.98 Å². The van der Waals surface area contributed by atoms with Gasteiger partial charge in [-0.1, -0.05) is 48.5 Å². The van der Waals surface area contributed by atoms with Crippen LogP contribution in [0.15, 0.2) is 77.3 Å². The molecular formula is C24H22N2O3. The lowest BCUT2D eigenvalue weighted by molar-refractivity contribution is 0.317. The molecule has 0 fully saturated rings. The maximum atomic E-state index is 5.64. The summed E-state index contributed by atoms with van der Waals surface area (Å²) >= 11 is 0. The van der Waals surface area contributed by atoms with Crippen molar-refractivity contribution in [3.63, 3.8) is 0 Å². The molecule has 29 heavy (non-hydrogen) atoms. The predicted molar refractivity (Wildman–Crippen MR) is 113 cm³/mol. The summed E-state index contributed by atoms with van der Waals surface area (Å²) in [6, 6.07) is 23.8. The third-order valence-corrected chi connectivity index (χ3v) is 4.57. The van der Waals surface area contributed by atoms with Crippen LogP contribution < -0.4 is 9.47 Å². The van der Waals surface area contributed by atoms with Crippen LogP contribution in [-0.4, -0.2) is 23.9 Å². The zero-order valence-electron chi connectivity index (χ0n) is 16.5. The van der Waals surface area contributed by atoms with Gasteiger partial charge in [-0.05, 0) is 53.9 Å². The second-order valence-corrected chi connectivity index (χ2v) is 6.60. The van der Waals surface area contributed by atoms with E-state index in [0.717, 1.165) is 46.8 Å². The summed E-state index contributed by atoms with van der Waals surface area (Å²) in [5.41, 5.74) is 4.01. The molecule has 1 aromatic heterocycles. The summed E-state index contributed by atoms with van der Waals surface area (Å²) in [5.74, 6) is 2.72. The van der Waals surface area contributed by atoms with Crippen molar-refractivity contribution in [1.29, 1.82) is 0 Å². The maximum absolute atomic E-state index is 5.64. The van der Waals surface area contributed by atoms with Crippen LogP contribution in [0.4, 0.5) is 0 Å². The highest BCUT2D eigenvalue weighted by molar-refractivity contribution is 5.68. The minimum absolute atomic E-state index is 0.481. The van der Waals surface area contributed by atoms with E-state index >= 15 is 0 Å². The Labute approximate surface area is 169 Å². The average molecular weight is 386 g/mol. The third kappa shape index (κ3) is 4.29. The lowest BCUT2D eigenvalue weighted by Crippen LogP contribution is -1.94. The first kappa shape index (κ1) is 18.7. The minimum Gasteiger partial charge on any atom is -0.497 e. The van der Waals surface area contributed by atoms with Gasteiger partial charge in [-0.3, -0.25) is 0 Å². The van der Waals surface area contributed by atoms with E-state index in [9.17, 15) is 0 Å². The van der Waals surface area contributed by atoms with E-state index in [-0.39, 0.29) is 0 Å². The molecule has 0 bridgehead atoms. The van der Waals surface area contributed by atoms with Crippen molar-refractivity contribution >= 4 is 0 Å². The fourth-order valence-electron chi connectivity index (χ4n) is 2.97. The number of hydrogen-bond donors (Lipinski definition) is 0. The molecule has 0 amide bonds. The Morgan fingerprint density at radius 3 is 1.90 bits per heavy atom. The quantitative estimate of drug-likeness (QED) is 0.398. The van der Waals surface area contributed by atoms with Crippen LogP contribution in [0.25, 0.3) is 34.0 Å². The molecule has 146 valence electrons. The normalized spacial score (nSPS) is 10.7. The molecule has 0 aliphatic heterocycles. The minimum atomic E-state index is 0.481. The third-order valence-electron chi connectivity index (χ3n) is 4.57. The van der Waals surface area contributed by atoms with Gasteiger partial charge in [-0.15, -0.1) is 0 Å². The Balaban J connectivity index is 1.50. The van der Waals surface area contributed by atoms with Crippen molar-refractivity contribution in [1.82, 2.24) is 10.1 Å². The van der Waals surface area contributed by atoms with E-state index in [1.165, 1.54) is 0 Å². The molecule has 5 nitrogen and oxygen atoms in total. The Hall–Kier alpha value is -3.60. The van der Waals surface area contributed by atoms with Crippen LogP contribution in [0.1, 0.15) is 13.3 Å². The van der Waals surface area contributed by atoms with Crippen LogP contribution in [-0.2, 0) is 0 Å². The molecular weight excluding hydrogens is 364 g/mol. The van der Waals surface area contributed by atoms with Crippen LogP contribution in [0.2, 0.25) is 0 Å². The highest BCUT2D eigenvalue weighted by Crippen LogP contribution is 2.27. The smallest absolute Gasteiger partial charge is 0.258 e.